The predicted octanol–water partition coefficient (Wildman–Crippen LogP) is 1.77. The molecule has 1 rings (SSSR count). The molecular formula is C14H17NO3. The van der Waals surface area contributed by atoms with E-state index in [1.165, 1.54) is 6.07 Å². The SMILES string of the molecule is C#CCC(C)NCCOc1ccccc1C(=O)O. The van der Waals surface area contributed by atoms with Gasteiger partial charge in [0.2, 0.25) is 0 Å². The number of carboxylic acid groups (broad SMARTS) is 1. The van der Waals surface area contributed by atoms with E-state index in [2.05, 4.69) is 11.2 Å². The molecule has 0 fully saturated rings. The van der Waals surface area contributed by atoms with E-state index in [-0.39, 0.29) is 11.6 Å². The van der Waals surface area contributed by atoms with Gasteiger partial charge in [0, 0.05) is 19.0 Å². The number of rotatable bonds is 7. The van der Waals surface area contributed by atoms with Crippen molar-refractivity contribution < 1.29 is 14.6 Å². The minimum absolute atomic E-state index is 0.175. The van der Waals surface area contributed by atoms with Gasteiger partial charge in [-0.25, -0.2) is 4.79 Å². The van der Waals surface area contributed by atoms with E-state index in [0.29, 0.717) is 25.3 Å². The lowest BCUT2D eigenvalue weighted by Crippen LogP contribution is -2.29. The third-order valence-corrected chi connectivity index (χ3v) is 2.39. The van der Waals surface area contributed by atoms with E-state index >= 15 is 0 Å². The van der Waals surface area contributed by atoms with E-state index in [4.69, 9.17) is 16.3 Å². The summed E-state index contributed by atoms with van der Waals surface area (Å²) in [5.74, 6) is 1.97. The van der Waals surface area contributed by atoms with Crippen LogP contribution < -0.4 is 10.1 Å². The van der Waals surface area contributed by atoms with Crippen molar-refractivity contribution in [1.29, 1.82) is 0 Å². The summed E-state index contributed by atoms with van der Waals surface area (Å²) in [5, 5.41) is 12.2. The van der Waals surface area contributed by atoms with Crippen LogP contribution in [0, 0.1) is 12.3 Å². The van der Waals surface area contributed by atoms with E-state index in [1.807, 2.05) is 6.92 Å². The molecular weight excluding hydrogens is 230 g/mol. The molecule has 0 aliphatic carbocycles. The Kier molecular flexibility index (Phi) is 5.75. The second-order valence-corrected chi connectivity index (χ2v) is 3.91. The third-order valence-electron chi connectivity index (χ3n) is 2.39. The van der Waals surface area contributed by atoms with Gasteiger partial charge in [-0.3, -0.25) is 0 Å². The number of nitrogens with one attached hydrogen (secondary N) is 1. The van der Waals surface area contributed by atoms with Crippen LogP contribution in [0.2, 0.25) is 0 Å². The summed E-state index contributed by atoms with van der Waals surface area (Å²) in [6.45, 7) is 3.01. The van der Waals surface area contributed by atoms with Crippen LogP contribution in [0.3, 0.4) is 0 Å². The number of carbonyl (C=O) groups is 1. The molecule has 18 heavy (non-hydrogen) atoms. The Labute approximate surface area is 107 Å². The highest BCUT2D eigenvalue weighted by molar-refractivity contribution is 5.90. The summed E-state index contributed by atoms with van der Waals surface area (Å²) < 4.78 is 5.43. The molecule has 1 aromatic carbocycles. The minimum Gasteiger partial charge on any atom is -0.491 e. The fourth-order valence-electron chi connectivity index (χ4n) is 1.48. The summed E-state index contributed by atoms with van der Waals surface area (Å²) in [4.78, 5) is 10.9. The number of hydrogen-bond donors (Lipinski definition) is 2. The smallest absolute Gasteiger partial charge is 0.339 e. The van der Waals surface area contributed by atoms with E-state index in [1.54, 1.807) is 18.2 Å². The molecule has 4 heteroatoms. The maximum atomic E-state index is 10.9. The summed E-state index contributed by atoms with van der Waals surface area (Å²) >= 11 is 0. The second-order valence-electron chi connectivity index (χ2n) is 3.91. The van der Waals surface area contributed by atoms with Crippen LogP contribution in [0.25, 0.3) is 0 Å². The molecule has 0 saturated carbocycles. The molecule has 0 saturated heterocycles. The van der Waals surface area contributed by atoms with Gasteiger partial charge in [0.25, 0.3) is 0 Å². The predicted molar refractivity (Wildman–Crippen MR) is 69.8 cm³/mol. The molecule has 4 nitrogen and oxygen atoms in total. The molecule has 0 aromatic heterocycles. The Balaban J connectivity index is 2.40. The standard InChI is InChI=1S/C14H17NO3/c1-3-6-11(2)15-9-10-18-13-8-5-4-7-12(13)14(16)17/h1,4-5,7-8,11,15H,6,9-10H2,2H3,(H,16,17). The molecule has 1 unspecified atom stereocenters. The van der Waals surface area contributed by atoms with Gasteiger partial charge in [-0.1, -0.05) is 12.1 Å². The number of ether oxygens (including phenoxy) is 1. The zero-order valence-corrected chi connectivity index (χ0v) is 10.3. The second kappa shape index (κ2) is 7.36. The van der Waals surface area contributed by atoms with Crippen LogP contribution in [-0.2, 0) is 0 Å². The number of aromatic carboxylic acids is 1. The topological polar surface area (TPSA) is 58.6 Å². The Morgan fingerprint density at radius 2 is 2.28 bits per heavy atom. The van der Waals surface area contributed by atoms with E-state index in [9.17, 15) is 4.79 Å². The average molecular weight is 247 g/mol. The number of carboxylic acids is 1. The molecule has 2 N–H and O–H groups in total. The Morgan fingerprint density at radius 3 is 2.94 bits per heavy atom. The molecule has 0 radical (unpaired) electrons. The normalized spacial score (nSPS) is 11.6. The van der Waals surface area contributed by atoms with Crippen molar-refractivity contribution >= 4 is 5.97 Å². The maximum Gasteiger partial charge on any atom is 0.339 e. The highest BCUT2D eigenvalue weighted by Crippen LogP contribution is 2.17. The van der Waals surface area contributed by atoms with Gasteiger partial charge >= 0.3 is 5.97 Å². The zero-order chi connectivity index (χ0) is 13.4. The first-order valence-corrected chi connectivity index (χ1v) is 5.77. The Morgan fingerprint density at radius 1 is 1.56 bits per heavy atom. The molecule has 0 heterocycles. The first kappa shape index (κ1) is 14.1. The van der Waals surface area contributed by atoms with Gasteiger partial charge in [-0.05, 0) is 19.1 Å². The van der Waals surface area contributed by atoms with Crippen molar-refractivity contribution in [1.82, 2.24) is 5.32 Å². The largest absolute Gasteiger partial charge is 0.491 e. The summed E-state index contributed by atoms with van der Waals surface area (Å²) in [6, 6.07) is 6.81. The molecule has 0 bridgehead atoms. The highest BCUT2D eigenvalue weighted by Gasteiger charge is 2.09. The molecule has 0 aliphatic heterocycles. The molecule has 1 atom stereocenters. The first-order valence-electron chi connectivity index (χ1n) is 5.77. The van der Waals surface area contributed by atoms with E-state index in [0.717, 1.165) is 0 Å². The Hall–Kier alpha value is -1.99. The fraction of sp³-hybridized carbons (Fsp3) is 0.357. The van der Waals surface area contributed by atoms with Gasteiger partial charge in [0.15, 0.2) is 0 Å². The highest BCUT2D eigenvalue weighted by atomic mass is 16.5. The maximum absolute atomic E-state index is 10.9. The fourth-order valence-corrected chi connectivity index (χ4v) is 1.48. The number of para-hydroxylation sites is 1. The molecule has 0 amide bonds. The number of benzene rings is 1. The van der Waals surface area contributed by atoms with Gasteiger partial charge in [0.1, 0.15) is 17.9 Å². The van der Waals surface area contributed by atoms with Gasteiger partial charge in [0.05, 0.1) is 0 Å². The number of hydrogen-bond acceptors (Lipinski definition) is 3. The summed E-state index contributed by atoms with van der Waals surface area (Å²) in [6.07, 6.45) is 5.85. The molecule has 0 spiro atoms. The lowest BCUT2D eigenvalue weighted by Gasteiger charge is -2.12. The average Bonchev–Trinajstić information content (AvgIpc) is 2.35. The van der Waals surface area contributed by atoms with Crippen molar-refractivity contribution in [3.05, 3.63) is 29.8 Å². The van der Waals surface area contributed by atoms with Crippen LogP contribution >= 0.6 is 0 Å². The zero-order valence-electron chi connectivity index (χ0n) is 10.3. The van der Waals surface area contributed by atoms with Crippen LogP contribution in [-0.4, -0.2) is 30.3 Å². The van der Waals surface area contributed by atoms with Crippen molar-refractivity contribution in [3.8, 4) is 18.1 Å². The van der Waals surface area contributed by atoms with Crippen LogP contribution in [0.4, 0.5) is 0 Å². The molecule has 96 valence electrons. The van der Waals surface area contributed by atoms with Crippen molar-refractivity contribution in [2.45, 2.75) is 19.4 Å². The Bertz CT molecular complexity index is 437. The summed E-state index contributed by atoms with van der Waals surface area (Å²) in [7, 11) is 0. The van der Waals surface area contributed by atoms with Crippen molar-refractivity contribution in [3.63, 3.8) is 0 Å². The van der Waals surface area contributed by atoms with Crippen LogP contribution in [0.1, 0.15) is 23.7 Å². The van der Waals surface area contributed by atoms with Crippen molar-refractivity contribution in [2.24, 2.45) is 0 Å². The van der Waals surface area contributed by atoms with Gasteiger partial charge < -0.3 is 15.2 Å². The number of terminal acetylenes is 1. The summed E-state index contributed by atoms with van der Waals surface area (Å²) in [5.41, 5.74) is 0.175. The van der Waals surface area contributed by atoms with Crippen molar-refractivity contribution in [2.75, 3.05) is 13.2 Å². The lowest BCUT2D eigenvalue weighted by molar-refractivity contribution is 0.0692. The van der Waals surface area contributed by atoms with Crippen LogP contribution in [0.5, 0.6) is 5.75 Å². The van der Waals surface area contributed by atoms with Crippen LogP contribution in [0.15, 0.2) is 24.3 Å². The quantitative estimate of drug-likeness (QED) is 0.569. The van der Waals surface area contributed by atoms with Gasteiger partial charge in [-0.2, -0.15) is 0 Å². The minimum atomic E-state index is -0.987. The monoisotopic (exact) mass is 247 g/mol. The third kappa shape index (κ3) is 4.48. The molecule has 0 aliphatic rings. The molecule has 1 aromatic rings. The van der Waals surface area contributed by atoms with E-state index < -0.39 is 5.97 Å². The van der Waals surface area contributed by atoms with Gasteiger partial charge in [-0.15, -0.1) is 12.3 Å². The first-order chi connectivity index (χ1) is 8.65. The lowest BCUT2D eigenvalue weighted by atomic mass is 10.2.